The van der Waals surface area contributed by atoms with E-state index in [9.17, 15) is 19.2 Å². The van der Waals surface area contributed by atoms with E-state index in [1.54, 1.807) is 11.8 Å². The molecule has 4 amide bonds. The van der Waals surface area contributed by atoms with Gasteiger partial charge in [-0.05, 0) is 6.92 Å². The van der Waals surface area contributed by atoms with Crippen LogP contribution in [0.1, 0.15) is 30.3 Å². The molecule has 10 heteroatoms. The van der Waals surface area contributed by atoms with Crippen molar-refractivity contribution in [3.8, 4) is 0 Å². The molecule has 1 N–H and O–H groups in total. The number of imide groups is 1. The average molecular weight is 366 g/mol. The van der Waals surface area contributed by atoms with Crippen molar-refractivity contribution in [2.45, 2.75) is 32.7 Å². The van der Waals surface area contributed by atoms with Gasteiger partial charge in [0.25, 0.3) is 0 Å². The lowest BCUT2D eigenvalue weighted by Crippen LogP contribution is -2.36. The summed E-state index contributed by atoms with van der Waals surface area (Å²) in [4.78, 5) is 54.8. The summed E-state index contributed by atoms with van der Waals surface area (Å²) < 4.78 is 4.99. The standard InChI is InChI=1S/C15H18N4O5S/c1-2-24-15(23)18-6-5-9-10(7-18)25-14(16-9)17-11(20)8-19-12(21)3-4-13(19)22/h2-8H2,1H3,(H,16,17,20). The largest absolute Gasteiger partial charge is 0.450 e. The number of rotatable bonds is 4. The Morgan fingerprint density at radius 1 is 1.24 bits per heavy atom. The first-order chi connectivity index (χ1) is 12.0. The fourth-order valence-electron chi connectivity index (χ4n) is 2.72. The summed E-state index contributed by atoms with van der Waals surface area (Å²) in [6, 6.07) is 0. The number of carbonyl (C=O) groups is 4. The molecule has 9 nitrogen and oxygen atoms in total. The van der Waals surface area contributed by atoms with Gasteiger partial charge in [0, 0.05) is 30.7 Å². The van der Waals surface area contributed by atoms with E-state index >= 15 is 0 Å². The second-order valence-corrected chi connectivity index (χ2v) is 6.76. The summed E-state index contributed by atoms with van der Waals surface area (Å²) in [5.74, 6) is -1.12. The number of carbonyl (C=O) groups excluding carboxylic acids is 4. The summed E-state index contributed by atoms with van der Waals surface area (Å²) in [6.07, 6.45) is 0.532. The topological polar surface area (TPSA) is 109 Å². The molecular weight excluding hydrogens is 348 g/mol. The van der Waals surface area contributed by atoms with Crippen LogP contribution < -0.4 is 5.32 Å². The van der Waals surface area contributed by atoms with E-state index in [0.717, 1.165) is 15.5 Å². The zero-order valence-electron chi connectivity index (χ0n) is 13.7. The average Bonchev–Trinajstić information content (AvgIpc) is 3.11. The molecule has 3 heterocycles. The SMILES string of the molecule is CCOC(=O)N1CCc2nc(NC(=O)CN3C(=O)CCC3=O)sc2C1. The van der Waals surface area contributed by atoms with Gasteiger partial charge in [-0.1, -0.05) is 11.3 Å². The number of likely N-dealkylation sites (tertiary alicyclic amines) is 1. The van der Waals surface area contributed by atoms with Crippen LogP contribution in [0, 0.1) is 0 Å². The van der Waals surface area contributed by atoms with Crippen molar-refractivity contribution in [2.24, 2.45) is 0 Å². The second kappa shape index (κ2) is 7.18. The van der Waals surface area contributed by atoms with Gasteiger partial charge in [0.2, 0.25) is 17.7 Å². The van der Waals surface area contributed by atoms with Gasteiger partial charge in [-0.3, -0.25) is 19.3 Å². The molecule has 2 aliphatic heterocycles. The maximum atomic E-state index is 12.1. The van der Waals surface area contributed by atoms with Crippen LogP contribution in [-0.4, -0.2) is 58.3 Å². The van der Waals surface area contributed by atoms with E-state index in [2.05, 4.69) is 10.3 Å². The summed E-state index contributed by atoms with van der Waals surface area (Å²) in [5, 5.41) is 3.03. The van der Waals surface area contributed by atoms with E-state index < -0.39 is 5.91 Å². The molecule has 3 rings (SSSR count). The Bertz CT molecular complexity index is 716. The molecule has 0 radical (unpaired) electrons. The Labute approximate surface area is 147 Å². The minimum absolute atomic E-state index is 0.154. The Balaban J connectivity index is 1.60. The molecule has 1 aromatic rings. The van der Waals surface area contributed by atoms with Crippen molar-refractivity contribution < 1.29 is 23.9 Å². The van der Waals surface area contributed by atoms with Crippen molar-refractivity contribution in [3.63, 3.8) is 0 Å². The molecular formula is C15H18N4O5S. The third-order valence-corrected chi connectivity index (χ3v) is 4.96. The van der Waals surface area contributed by atoms with E-state index in [1.165, 1.54) is 11.3 Å². The third kappa shape index (κ3) is 3.78. The maximum absolute atomic E-state index is 12.1. The monoisotopic (exact) mass is 366 g/mol. The predicted octanol–water partition coefficient (Wildman–Crippen LogP) is 0.745. The predicted molar refractivity (Wildman–Crippen MR) is 87.8 cm³/mol. The lowest BCUT2D eigenvalue weighted by molar-refractivity contribution is -0.141. The number of hydrogen-bond donors (Lipinski definition) is 1. The molecule has 25 heavy (non-hydrogen) atoms. The van der Waals surface area contributed by atoms with Crippen LogP contribution in [0.3, 0.4) is 0 Å². The van der Waals surface area contributed by atoms with Gasteiger partial charge in [-0.25, -0.2) is 9.78 Å². The quantitative estimate of drug-likeness (QED) is 0.788. The first-order valence-electron chi connectivity index (χ1n) is 8.01. The molecule has 1 saturated heterocycles. The molecule has 0 saturated carbocycles. The van der Waals surface area contributed by atoms with Crippen LogP contribution >= 0.6 is 11.3 Å². The molecule has 0 spiro atoms. The van der Waals surface area contributed by atoms with Crippen molar-refractivity contribution >= 4 is 40.3 Å². The van der Waals surface area contributed by atoms with Crippen LogP contribution in [0.4, 0.5) is 9.93 Å². The summed E-state index contributed by atoms with van der Waals surface area (Å²) in [6.45, 7) is 2.69. The zero-order valence-corrected chi connectivity index (χ0v) is 14.6. The highest BCUT2D eigenvalue weighted by Crippen LogP contribution is 2.28. The summed E-state index contributed by atoms with van der Waals surface area (Å²) >= 11 is 1.28. The highest BCUT2D eigenvalue weighted by Gasteiger charge is 2.31. The van der Waals surface area contributed by atoms with E-state index in [0.29, 0.717) is 31.2 Å². The number of nitrogens with zero attached hydrogens (tertiary/aromatic N) is 3. The van der Waals surface area contributed by atoms with Gasteiger partial charge in [0.15, 0.2) is 5.13 Å². The van der Waals surface area contributed by atoms with Crippen LogP contribution in [-0.2, 0) is 32.1 Å². The van der Waals surface area contributed by atoms with E-state index in [4.69, 9.17) is 4.74 Å². The first kappa shape index (κ1) is 17.3. The number of aromatic nitrogens is 1. The maximum Gasteiger partial charge on any atom is 0.410 e. The number of anilines is 1. The highest BCUT2D eigenvalue weighted by atomic mass is 32.1. The highest BCUT2D eigenvalue weighted by molar-refractivity contribution is 7.15. The molecule has 0 atom stereocenters. The molecule has 0 aliphatic carbocycles. The van der Waals surface area contributed by atoms with Crippen molar-refractivity contribution in [1.82, 2.24) is 14.8 Å². The van der Waals surface area contributed by atoms with Gasteiger partial charge >= 0.3 is 6.09 Å². The Morgan fingerprint density at radius 3 is 2.64 bits per heavy atom. The molecule has 0 bridgehead atoms. The minimum atomic E-state index is -0.461. The zero-order chi connectivity index (χ0) is 18.0. The lowest BCUT2D eigenvalue weighted by atomic mass is 10.2. The van der Waals surface area contributed by atoms with Gasteiger partial charge in [0.1, 0.15) is 6.54 Å². The van der Waals surface area contributed by atoms with Crippen LogP contribution in [0.5, 0.6) is 0 Å². The van der Waals surface area contributed by atoms with Crippen LogP contribution in [0.25, 0.3) is 0 Å². The number of hydrogen-bond acceptors (Lipinski definition) is 7. The number of thiazole rings is 1. The van der Waals surface area contributed by atoms with E-state index in [-0.39, 0.29) is 37.3 Å². The molecule has 2 aliphatic rings. The lowest BCUT2D eigenvalue weighted by Gasteiger charge is -2.24. The van der Waals surface area contributed by atoms with Crippen molar-refractivity contribution in [2.75, 3.05) is 25.0 Å². The van der Waals surface area contributed by atoms with E-state index in [1.807, 2.05) is 0 Å². The molecule has 0 unspecified atom stereocenters. The number of ether oxygens (including phenoxy) is 1. The summed E-state index contributed by atoms with van der Waals surface area (Å²) in [5.41, 5.74) is 0.842. The van der Waals surface area contributed by atoms with Gasteiger partial charge < -0.3 is 15.0 Å². The Morgan fingerprint density at radius 2 is 1.96 bits per heavy atom. The second-order valence-electron chi connectivity index (χ2n) is 5.68. The Kier molecular flexibility index (Phi) is 4.98. The third-order valence-electron chi connectivity index (χ3n) is 3.96. The minimum Gasteiger partial charge on any atom is -0.450 e. The fraction of sp³-hybridized carbons (Fsp3) is 0.533. The summed E-state index contributed by atoms with van der Waals surface area (Å²) in [7, 11) is 0. The van der Waals surface area contributed by atoms with Crippen molar-refractivity contribution in [1.29, 1.82) is 0 Å². The van der Waals surface area contributed by atoms with Gasteiger partial charge in [0.05, 0.1) is 18.8 Å². The van der Waals surface area contributed by atoms with Crippen molar-refractivity contribution in [3.05, 3.63) is 10.6 Å². The smallest absolute Gasteiger partial charge is 0.410 e. The molecule has 1 fully saturated rings. The van der Waals surface area contributed by atoms with Gasteiger partial charge in [-0.15, -0.1) is 0 Å². The normalized spacial score (nSPS) is 16.8. The van der Waals surface area contributed by atoms with Crippen LogP contribution in [0.15, 0.2) is 0 Å². The number of amides is 4. The van der Waals surface area contributed by atoms with Gasteiger partial charge in [-0.2, -0.15) is 0 Å². The molecule has 0 aromatic carbocycles. The number of fused-ring (bicyclic) bond motifs is 1. The first-order valence-corrected chi connectivity index (χ1v) is 8.83. The molecule has 134 valence electrons. The van der Waals surface area contributed by atoms with Crippen LogP contribution in [0.2, 0.25) is 0 Å². The Hall–Kier alpha value is -2.49. The fourth-order valence-corrected chi connectivity index (χ4v) is 3.76. The number of nitrogens with one attached hydrogen (secondary N) is 1. The molecule has 1 aromatic heterocycles.